The van der Waals surface area contributed by atoms with Crippen LogP contribution < -0.4 is 4.90 Å². The normalized spacial score (nSPS) is 23.7. The predicted molar refractivity (Wildman–Crippen MR) is 90.5 cm³/mol. The van der Waals surface area contributed by atoms with Crippen molar-refractivity contribution >= 4 is 11.9 Å². The molecule has 1 amide bonds. The fraction of sp³-hybridized carbons (Fsp3) is 0.444. The van der Waals surface area contributed by atoms with Crippen LogP contribution in [0.4, 0.5) is 5.95 Å². The van der Waals surface area contributed by atoms with E-state index in [1.54, 1.807) is 18.6 Å². The van der Waals surface area contributed by atoms with Crippen LogP contribution in [0.25, 0.3) is 0 Å². The van der Waals surface area contributed by atoms with Crippen LogP contribution in [0, 0.1) is 5.92 Å². The van der Waals surface area contributed by atoms with Crippen molar-refractivity contribution in [2.45, 2.75) is 18.8 Å². The minimum absolute atomic E-state index is 0.133. The molecule has 0 unspecified atom stereocenters. The molecule has 2 aliphatic rings. The number of nitrogens with zero attached hydrogens (tertiary/aromatic N) is 5. The molecule has 2 atom stereocenters. The van der Waals surface area contributed by atoms with Crippen molar-refractivity contribution in [1.82, 2.24) is 19.9 Å². The smallest absolute Gasteiger partial charge is 0.226 e. The Bertz CT molecular complexity index is 693. The fourth-order valence-corrected chi connectivity index (χ4v) is 3.46. The van der Waals surface area contributed by atoms with E-state index < -0.39 is 0 Å². The molecule has 1 saturated heterocycles. The maximum atomic E-state index is 12.8. The van der Waals surface area contributed by atoms with Gasteiger partial charge in [0.1, 0.15) is 0 Å². The SMILES string of the molecule is O=C([C@H]1C[C@@H]1c1cccnc1)N1CCCN(c2ncccn2)CC1. The summed E-state index contributed by atoms with van der Waals surface area (Å²) in [4.78, 5) is 29.8. The lowest BCUT2D eigenvalue weighted by Crippen LogP contribution is -2.36. The number of hydrogen-bond donors (Lipinski definition) is 0. The largest absolute Gasteiger partial charge is 0.341 e. The lowest BCUT2D eigenvalue weighted by molar-refractivity contribution is -0.132. The van der Waals surface area contributed by atoms with Crippen molar-refractivity contribution in [3.8, 4) is 0 Å². The topological polar surface area (TPSA) is 62.2 Å². The number of carbonyl (C=O) groups is 1. The van der Waals surface area contributed by atoms with Crippen LogP contribution in [0.2, 0.25) is 0 Å². The molecule has 4 rings (SSSR count). The number of rotatable bonds is 3. The second kappa shape index (κ2) is 6.55. The van der Waals surface area contributed by atoms with Gasteiger partial charge in [0.25, 0.3) is 0 Å². The Hall–Kier alpha value is -2.50. The molecule has 2 aromatic heterocycles. The lowest BCUT2D eigenvalue weighted by atomic mass is 10.1. The lowest BCUT2D eigenvalue weighted by Gasteiger charge is -2.22. The summed E-state index contributed by atoms with van der Waals surface area (Å²) in [7, 11) is 0. The van der Waals surface area contributed by atoms with Crippen LogP contribution in [0.15, 0.2) is 43.0 Å². The highest BCUT2D eigenvalue weighted by Crippen LogP contribution is 2.48. The first-order valence-corrected chi connectivity index (χ1v) is 8.53. The maximum Gasteiger partial charge on any atom is 0.226 e. The average Bonchev–Trinajstić information content (AvgIpc) is 3.46. The van der Waals surface area contributed by atoms with Crippen molar-refractivity contribution in [2.24, 2.45) is 5.92 Å². The molecular weight excluding hydrogens is 302 g/mol. The zero-order valence-electron chi connectivity index (χ0n) is 13.6. The van der Waals surface area contributed by atoms with E-state index in [1.807, 2.05) is 23.2 Å². The highest BCUT2D eigenvalue weighted by atomic mass is 16.2. The summed E-state index contributed by atoms with van der Waals surface area (Å²) in [5.74, 6) is 1.53. The molecule has 0 aromatic carbocycles. The molecular formula is C18H21N5O. The third kappa shape index (κ3) is 3.09. The van der Waals surface area contributed by atoms with E-state index in [1.165, 1.54) is 5.56 Å². The molecule has 6 nitrogen and oxygen atoms in total. The summed E-state index contributed by atoms with van der Waals surface area (Å²) in [5, 5.41) is 0. The maximum absolute atomic E-state index is 12.8. The zero-order valence-corrected chi connectivity index (χ0v) is 13.6. The first-order valence-electron chi connectivity index (χ1n) is 8.53. The van der Waals surface area contributed by atoms with Crippen LogP contribution >= 0.6 is 0 Å². The van der Waals surface area contributed by atoms with Gasteiger partial charge in [-0.05, 0) is 36.5 Å². The van der Waals surface area contributed by atoms with E-state index >= 15 is 0 Å². The highest BCUT2D eigenvalue weighted by molar-refractivity contribution is 5.83. The summed E-state index contributed by atoms with van der Waals surface area (Å²) in [5.41, 5.74) is 1.19. The molecule has 0 N–H and O–H groups in total. The molecule has 1 saturated carbocycles. The number of amides is 1. The van der Waals surface area contributed by atoms with E-state index in [0.717, 1.165) is 45.0 Å². The Morgan fingerprint density at radius 3 is 2.71 bits per heavy atom. The van der Waals surface area contributed by atoms with Gasteiger partial charge in [-0.3, -0.25) is 9.78 Å². The van der Waals surface area contributed by atoms with Crippen LogP contribution in [0.3, 0.4) is 0 Å². The molecule has 124 valence electrons. The fourth-order valence-electron chi connectivity index (χ4n) is 3.46. The molecule has 0 spiro atoms. The van der Waals surface area contributed by atoms with Gasteiger partial charge in [0, 0.05) is 56.9 Å². The molecule has 0 bridgehead atoms. The van der Waals surface area contributed by atoms with Crippen LogP contribution in [0.1, 0.15) is 24.3 Å². The van der Waals surface area contributed by atoms with Gasteiger partial charge < -0.3 is 9.80 Å². The minimum Gasteiger partial charge on any atom is -0.341 e. The molecule has 2 aromatic rings. The number of aromatic nitrogens is 3. The number of pyridine rings is 1. The van der Waals surface area contributed by atoms with Gasteiger partial charge in [-0.15, -0.1) is 0 Å². The van der Waals surface area contributed by atoms with Crippen molar-refractivity contribution in [3.63, 3.8) is 0 Å². The number of anilines is 1. The number of carbonyl (C=O) groups excluding carboxylic acids is 1. The Labute approximate surface area is 141 Å². The Balaban J connectivity index is 1.37. The molecule has 0 radical (unpaired) electrons. The van der Waals surface area contributed by atoms with E-state index in [4.69, 9.17) is 0 Å². The monoisotopic (exact) mass is 323 g/mol. The van der Waals surface area contributed by atoms with Gasteiger partial charge in [0.05, 0.1) is 0 Å². The first-order chi connectivity index (χ1) is 11.8. The summed E-state index contributed by atoms with van der Waals surface area (Å²) < 4.78 is 0. The summed E-state index contributed by atoms with van der Waals surface area (Å²) in [6.07, 6.45) is 9.09. The number of hydrogen-bond acceptors (Lipinski definition) is 5. The van der Waals surface area contributed by atoms with Crippen LogP contribution in [-0.4, -0.2) is 51.9 Å². The van der Waals surface area contributed by atoms with Crippen molar-refractivity contribution in [1.29, 1.82) is 0 Å². The Morgan fingerprint density at radius 1 is 1.04 bits per heavy atom. The van der Waals surface area contributed by atoms with E-state index in [-0.39, 0.29) is 5.92 Å². The third-order valence-electron chi connectivity index (χ3n) is 4.86. The third-order valence-corrected chi connectivity index (χ3v) is 4.86. The highest BCUT2D eigenvalue weighted by Gasteiger charge is 2.45. The van der Waals surface area contributed by atoms with Crippen molar-refractivity contribution < 1.29 is 4.79 Å². The molecule has 1 aliphatic heterocycles. The van der Waals surface area contributed by atoms with Gasteiger partial charge in [-0.2, -0.15) is 0 Å². The standard InChI is InChI=1S/C18H21N5O/c24-17(16-12-15(16)14-4-1-5-19-13-14)22-8-3-9-23(11-10-22)18-20-6-2-7-21-18/h1-2,4-7,13,15-16H,3,8-12H2/t15-,16+/m1/s1. The van der Waals surface area contributed by atoms with Crippen molar-refractivity contribution in [2.75, 3.05) is 31.1 Å². The van der Waals surface area contributed by atoms with Gasteiger partial charge in [-0.1, -0.05) is 6.07 Å². The van der Waals surface area contributed by atoms with E-state index in [2.05, 4.69) is 25.9 Å². The Morgan fingerprint density at radius 2 is 1.92 bits per heavy atom. The summed E-state index contributed by atoms with van der Waals surface area (Å²) >= 11 is 0. The summed E-state index contributed by atoms with van der Waals surface area (Å²) in [6, 6.07) is 5.84. The molecule has 3 heterocycles. The van der Waals surface area contributed by atoms with Crippen LogP contribution in [-0.2, 0) is 4.79 Å². The second-order valence-electron chi connectivity index (χ2n) is 6.45. The molecule has 1 aliphatic carbocycles. The van der Waals surface area contributed by atoms with Crippen molar-refractivity contribution in [3.05, 3.63) is 48.5 Å². The zero-order chi connectivity index (χ0) is 16.4. The van der Waals surface area contributed by atoms with Gasteiger partial charge >= 0.3 is 0 Å². The van der Waals surface area contributed by atoms with Gasteiger partial charge in [0.15, 0.2) is 0 Å². The average molecular weight is 323 g/mol. The molecule has 24 heavy (non-hydrogen) atoms. The van der Waals surface area contributed by atoms with E-state index in [9.17, 15) is 4.79 Å². The van der Waals surface area contributed by atoms with E-state index in [0.29, 0.717) is 11.8 Å². The second-order valence-corrected chi connectivity index (χ2v) is 6.45. The first kappa shape index (κ1) is 15.1. The predicted octanol–water partition coefficient (Wildman–Crippen LogP) is 1.71. The van der Waals surface area contributed by atoms with Crippen LogP contribution in [0.5, 0.6) is 0 Å². The van der Waals surface area contributed by atoms with Gasteiger partial charge in [0.2, 0.25) is 11.9 Å². The molecule has 2 fully saturated rings. The molecule has 6 heteroatoms. The quantitative estimate of drug-likeness (QED) is 0.860. The summed E-state index contributed by atoms with van der Waals surface area (Å²) in [6.45, 7) is 3.25. The minimum atomic E-state index is 0.133. The van der Waals surface area contributed by atoms with Gasteiger partial charge in [-0.25, -0.2) is 9.97 Å². The Kier molecular flexibility index (Phi) is 4.11.